The number of nitrogens with two attached hydrogens (primary N) is 1. The molecule has 0 spiro atoms. The van der Waals surface area contributed by atoms with Gasteiger partial charge in [-0.25, -0.2) is 0 Å². The molecule has 0 aromatic carbocycles. The highest BCUT2D eigenvalue weighted by atomic mass is 16.4. The Hall–Kier alpha value is -1.26. The molecular formula is C11H23N3O2. The Balaban J connectivity index is 4.42. The number of hydrogen-bond acceptors (Lipinski definition) is 3. The molecule has 0 aliphatic carbocycles. The summed E-state index contributed by atoms with van der Waals surface area (Å²) in [6, 6.07) is -0.0519. The highest BCUT2D eigenvalue weighted by molar-refractivity contribution is 5.82. The van der Waals surface area contributed by atoms with Crippen molar-refractivity contribution in [1.82, 2.24) is 4.90 Å². The first-order valence-corrected chi connectivity index (χ1v) is 5.70. The van der Waals surface area contributed by atoms with Gasteiger partial charge < -0.3 is 15.8 Å². The largest absolute Gasteiger partial charge is 0.409 e. The third-order valence-electron chi connectivity index (χ3n) is 2.98. The second kappa shape index (κ2) is 7.09. The molecule has 0 aliphatic heterocycles. The zero-order valence-electron chi connectivity index (χ0n) is 10.6. The SMILES string of the molecule is CCC(CC)C(=O)N(C)C(C)CC(N)=NO. The number of nitrogens with zero attached hydrogens (tertiary/aromatic N) is 2. The molecule has 0 aromatic rings. The van der Waals surface area contributed by atoms with Crippen LogP contribution in [0.1, 0.15) is 40.0 Å². The molecule has 0 fully saturated rings. The lowest BCUT2D eigenvalue weighted by Crippen LogP contribution is -2.40. The molecule has 0 aromatic heterocycles. The first kappa shape index (κ1) is 14.7. The number of amides is 1. The predicted octanol–water partition coefficient (Wildman–Crippen LogP) is 1.41. The summed E-state index contributed by atoms with van der Waals surface area (Å²) in [5, 5.41) is 11.4. The first-order chi connectivity index (χ1) is 7.47. The summed E-state index contributed by atoms with van der Waals surface area (Å²) in [4.78, 5) is 13.7. The molecule has 0 saturated heterocycles. The highest BCUT2D eigenvalue weighted by Crippen LogP contribution is 2.13. The van der Waals surface area contributed by atoms with Gasteiger partial charge in [-0.1, -0.05) is 19.0 Å². The Kier molecular flexibility index (Phi) is 6.53. The van der Waals surface area contributed by atoms with Gasteiger partial charge >= 0.3 is 0 Å². The minimum absolute atomic E-state index is 0.0519. The van der Waals surface area contributed by atoms with Gasteiger partial charge in [-0.15, -0.1) is 0 Å². The van der Waals surface area contributed by atoms with Crippen LogP contribution in [0.15, 0.2) is 5.16 Å². The van der Waals surface area contributed by atoms with E-state index in [2.05, 4.69) is 5.16 Å². The van der Waals surface area contributed by atoms with E-state index >= 15 is 0 Å². The quantitative estimate of drug-likeness (QED) is 0.313. The standard InChI is InChI=1S/C11H23N3O2/c1-5-9(6-2)11(15)14(4)8(3)7-10(12)13-16/h8-9,16H,5-7H2,1-4H3,(H2,12,13). The van der Waals surface area contributed by atoms with Crippen LogP contribution in [0.4, 0.5) is 0 Å². The molecule has 0 rings (SSSR count). The van der Waals surface area contributed by atoms with Crippen molar-refractivity contribution < 1.29 is 10.0 Å². The summed E-state index contributed by atoms with van der Waals surface area (Å²) in [6.07, 6.45) is 2.07. The fraction of sp³-hybridized carbons (Fsp3) is 0.818. The molecule has 1 atom stereocenters. The third kappa shape index (κ3) is 4.08. The number of oxime groups is 1. The van der Waals surface area contributed by atoms with Crippen molar-refractivity contribution in [2.24, 2.45) is 16.8 Å². The van der Waals surface area contributed by atoms with Crippen molar-refractivity contribution in [3.8, 4) is 0 Å². The molecular weight excluding hydrogens is 206 g/mol. The summed E-state index contributed by atoms with van der Waals surface area (Å²) in [5.41, 5.74) is 5.41. The summed E-state index contributed by atoms with van der Waals surface area (Å²) < 4.78 is 0. The molecule has 0 radical (unpaired) electrons. The maximum atomic E-state index is 12.0. The van der Waals surface area contributed by atoms with Gasteiger partial charge in [0.25, 0.3) is 0 Å². The Labute approximate surface area is 97.3 Å². The van der Waals surface area contributed by atoms with E-state index in [1.807, 2.05) is 20.8 Å². The van der Waals surface area contributed by atoms with Gasteiger partial charge in [-0.2, -0.15) is 0 Å². The van der Waals surface area contributed by atoms with Crippen LogP contribution in [0.25, 0.3) is 0 Å². The maximum Gasteiger partial charge on any atom is 0.225 e. The monoisotopic (exact) mass is 229 g/mol. The van der Waals surface area contributed by atoms with Crippen LogP contribution in [-0.2, 0) is 4.79 Å². The van der Waals surface area contributed by atoms with E-state index < -0.39 is 0 Å². The molecule has 3 N–H and O–H groups in total. The average molecular weight is 229 g/mol. The minimum atomic E-state index is -0.0519. The molecule has 5 nitrogen and oxygen atoms in total. The van der Waals surface area contributed by atoms with Crippen LogP contribution < -0.4 is 5.73 Å². The van der Waals surface area contributed by atoms with Crippen molar-refractivity contribution in [2.75, 3.05) is 7.05 Å². The van der Waals surface area contributed by atoms with Crippen LogP contribution in [0.2, 0.25) is 0 Å². The van der Waals surface area contributed by atoms with E-state index in [0.717, 1.165) is 12.8 Å². The van der Waals surface area contributed by atoms with Crippen molar-refractivity contribution in [3.05, 3.63) is 0 Å². The zero-order valence-corrected chi connectivity index (χ0v) is 10.6. The van der Waals surface area contributed by atoms with E-state index in [1.165, 1.54) is 0 Å². The lowest BCUT2D eigenvalue weighted by Gasteiger charge is -2.28. The van der Waals surface area contributed by atoms with Gasteiger partial charge in [0, 0.05) is 25.4 Å². The van der Waals surface area contributed by atoms with Gasteiger partial charge in [0.1, 0.15) is 5.84 Å². The number of carbonyl (C=O) groups is 1. The first-order valence-electron chi connectivity index (χ1n) is 5.70. The van der Waals surface area contributed by atoms with E-state index in [-0.39, 0.29) is 23.7 Å². The third-order valence-corrected chi connectivity index (χ3v) is 2.98. The topological polar surface area (TPSA) is 78.9 Å². The normalized spacial score (nSPS) is 13.9. The van der Waals surface area contributed by atoms with Crippen LogP contribution in [0, 0.1) is 5.92 Å². The smallest absolute Gasteiger partial charge is 0.225 e. The molecule has 94 valence electrons. The van der Waals surface area contributed by atoms with Gasteiger partial charge in [0.05, 0.1) is 0 Å². The summed E-state index contributed by atoms with van der Waals surface area (Å²) >= 11 is 0. The Bertz CT molecular complexity index is 250. The molecule has 0 heterocycles. The van der Waals surface area contributed by atoms with Crippen LogP contribution in [0.5, 0.6) is 0 Å². The van der Waals surface area contributed by atoms with Crippen LogP contribution in [-0.4, -0.2) is 34.9 Å². The number of carbonyl (C=O) groups excluding carboxylic acids is 1. The minimum Gasteiger partial charge on any atom is -0.409 e. The second-order valence-electron chi connectivity index (χ2n) is 4.11. The summed E-state index contributed by atoms with van der Waals surface area (Å²) in [7, 11) is 1.76. The van der Waals surface area contributed by atoms with Crippen molar-refractivity contribution in [2.45, 2.75) is 46.1 Å². The van der Waals surface area contributed by atoms with Gasteiger partial charge in [-0.05, 0) is 19.8 Å². The Morgan fingerprint density at radius 3 is 2.31 bits per heavy atom. The number of hydrogen-bond donors (Lipinski definition) is 2. The van der Waals surface area contributed by atoms with E-state index in [9.17, 15) is 4.79 Å². The van der Waals surface area contributed by atoms with Crippen molar-refractivity contribution in [1.29, 1.82) is 0 Å². The fourth-order valence-corrected chi connectivity index (χ4v) is 1.62. The molecule has 0 aliphatic rings. The zero-order chi connectivity index (χ0) is 12.7. The van der Waals surface area contributed by atoms with Crippen LogP contribution in [0.3, 0.4) is 0 Å². The average Bonchev–Trinajstić information content (AvgIpc) is 2.29. The van der Waals surface area contributed by atoms with E-state index in [4.69, 9.17) is 10.9 Å². The van der Waals surface area contributed by atoms with Crippen molar-refractivity contribution >= 4 is 11.7 Å². The molecule has 1 unspecified atom stereocenters. The van der Waals surface area contributed by atoms with Crippen molar-refractivity contribution in [3.63, 3.8) is 0 Å². The van der Waals surface area contributed by atoms with Gasteiger partial charge in [0.15, 0.2) is 0 Å². The Morgan fingerprint density at radius 1 is 1.44 bits per heavy atom. The second-order valence-corrected chi connectivity index (χ2v) is 4.11. The molecule has 0 saturated carbocycles. The predicted molar refractivity (Wildman–Crippen MR) is 64.3 cm³/mol. The molecule has 5 heteroatoms. The lowest BCUT2D eigenvalue weighted by molar-refractivity contribution is -0.136. The molecule has 16 heavy (non-hydrogen) atoms. The van der Waals surface area contributed by atoms with E-state index in [1.54, 1.807) is 11.9 Å². The lowest BCUT2D eigenvalue weighted by atomic mass is 10.0. The molecule has 0 bridgehead atoms. The number of rotatable bonds is 6. The summed E-state index contributed by atoms with van der Waals surface area (Å²) in [6.45, 7) is 5.90. The summed E-state index contributed by atoms with van der Waals surface area (Å²) in [5.74, 6) is 0.347. The Morgan fingerprint density at radius 2 is 1.94 bits per heavy atom. The van der Waals surface area contributed by atoms with Crippen LogP contribution >= 0.6 is 0 Å². The van der Waals surface area contributed by atoms with Gasteiger partial charge in [-0.3, -0.25) is 4.79 Å². The van der Waals surface area contributed by atoms with E-state index in [0.29, 0.717) is 6.42 Å². The van der Waals surface area contributed by atoms with Gasteiger partial charge in [0.2, 0.25) is 5.91 Å². The fourth-order valence-electron chi connectivity index (χ4n) is 1.62. The maximum absolute atomic E-state index is 12.0. The highest BCUT2D eigenvalue weighted by Gasteiger charge is 2.22. The number of amidine groups is 1. The molecule has 1 amide bonds.